The topological polar surface area (TPSA) is 67.9 Å². The van der Waals surface area contributed by atoms with Gasteiger partial charge in [0.15, 0.2) is 0 Å². The van der Waals surface area contributed by atoms with Gasteiger partial charge < -0.3 is 10.6 Å². The molecule has 1 aromatic heterocycles. The molecule has 0 aromatic carbocycles. The molecule has 0 spiro atoms. The van der Waals surface area contributed by atoms with E-state index in [1.54, 1.807) is 0 Å². The number of hydrogen-bond donors (Lipinski definition) is 1. The van der Waals surface area contributed by atoms with Crippen molar-refractivity contribution in [2.24, 2.45) is 0 Å². The van der Waals surface area contributed by atoms with Crippen molar-refractivity contribution in [2.45, 2.75) is 33.1 Å². The predicted molar refractivity (Wildman–Crippen MR) is 61.8 cm³/mol. The van der Waals surface area contributed by atoms with E-state index in [0.29, 0.717) is 17.7 Å². The molecule has 0 bridgehead atoms. The van der Waals surface area contributed by atoms with E-state index in [2.05, 4.69) is 21.9 Å². The van der Waals surface area contributed by atoms with Gasteiger partial charge in [0.25, 0.3) is 0 Å². The number of nitrogen functional groups attached to an aromatic ring is 1. The maximum Gasteiger partial charge on any atom is 0.230 e. The number of aromatic nitrogens is 3. The predicted octanol–water partition coefficient (Wildman–Crippen LogP) is 1.39. The highest BCUT2D eigenvalue weighted by molar-refractivity contribution is 5.33. The second-order valence-corrected chi connectivity index (χ2v) is 3.67. The van der Waals surface area contributed by atoms with Crippen LogP contribution in [-0.2, 0) is 0 Å². The summed E-state index contributed by atoms with van der Waals surface area (Å²) in [5, 5.41) is 0. The molecule has 1 rings (SSSR count). The summed E-state index contributed by atoms with van der Waals surface area (Å²) in [4.78, 5) is 14.3. The van der Waals surface area contributed by atoms with Crippen LogP contribution in [0.1, 0.15) is 32.0 Å². The molecule has 0 saturated heterocycles. The Morgan fingerprint density at radius 3 is 2.53 bits per heavy atom. The standard InChI is InChI=1S/C10H19N5/c1-4-5-6-7-15(3)10-13-8(2)12-9(11)14-10/h4-7H2,1-3H3,(H2,11,12,13,14). The summed E-state index contributed by atoms with van der Waals surface area (Å²) in [5.41, 5.74) is 5.56. The minimum Gasteiger partial charge on any atom is -0.368 e. The first kappa shape index (κ1) is 11.7. The average molecular weight is 209 g/mol. The molecule has 0 aliphatic carbocycles. The first-order valence-corrected chi connectivity index (χ1v) is 5.32. The Balaban J connectivity index is 2.60. The van der Waals surface area contributed by atoms with Gasteiger partial charge in [-0.1, -0.05) is 19.8 Å². The lowest BCUT2D eigenvalue weighted by Gasteiger charge is -2.16. The Kier molecular flexibility index (Phi) is 4.27. The van der Waals surface area contributed by atoms with Crippen molar-refractivity contribution in [3.05, 3.63) is 5.82 Å². The lowest BCUT2D eigenvalue weighted by molar-refractivity contribution is 0.694. The fourth-order valence-corrected chi connectivity index (χ4v) is 1.36. The number of nitrogens with two attached hydrogens (primary N) is 1. The van der Waals surface area contributed by atoms with Crippen LogP contribution in [0.25, 0.3) is 0 Å². The minimum absolute atomic E-state index is 0.292. The summed E-state index contributed by atoms with van der Waals surface area (Å²) in [7, 11) is 1.98. The number of rotatable bonds is 5. The van der Waals surface area contributed by atoms with E-state index in [9.17, 15) is 0 Å². The van der Waals surface area contributed by atoms with Crippen molar-refractivity contribution in [1.29, 1.82) is 0 Å². The van der Waals surface area contributed by atoms with E-state index in [4.69, 9.17) is 5.73 Å². The molecule has 0 saturated carbocycles. The fourth-order valence-electron chi connectivity index (χ4n) is 1.36. The molecule has 5 heteroatoms. The van der Waals surface area contributed by atoms with Crippen LogP contribution in [0, 0.1) is 6.92 Å². The van der Waals surface area contributed by atoms with Gasteiger partial charge in [-0.15, -0.1) is 0 Å². The summed E-state index contributed by atoms with van der Waals surface area (Å²) >= 11 is 0. The van der Waals surface area contributed by atoms with Crippen LogP contribution in [0.4, 0.5) is 11.9 Å². The van der Waals surface area contributed by atoms with Crippen LogP contribution in [-0.4, -0.2) is 28.5 Å². The average Bonchev–Trinajstić information content (AvgIpc) is 2.16. The summed E-state index contributed by atoms with van der Waals surface area (Å²) in [6.45, 7) is 4.96. The molecular weight excluding hydrogens is 190 g/mol. The third kappa shape index (κ3) is 3.69. The van der Waals surface area contributed by atoms with Crippen LogP contribution in [0.15, 0.2) is 0 Å². The van der Waals surface area contributed by atoms with Crippen molar-refractivity contribution in [1.82, 2.24) is 15.0 Å². The van der Waals surface area contributed by atoms with E-state index in [-0.39, 0.29) is 0 Å². The fraction of sp³-hybridized carbons (Fsp3) is 0.700. The monoisotopic (exact) mass is 209 g/mol. The lowest BCUT2D eigenvalue weighted by Crippen LogP contribution is -2.22. The SMILES string of the molecule is CCCCCN(C)c1nc(C)nc(N)n1. The van der Waals surface area contributed by atoms with Crippen LogP contribution in [0.3, 0.4) is 0 Å². The Bertz CT molecular complexity index is 292. The van der Waals surface area contributed by atoms with Crippen LogP contribution < -0.4 is 10.6 Å². The van der Waals surface area contributed by atoms with E-state index >= 15 is 0 Å². The molecular formula is C10H19N5. The van der Waals surface area contributed by atoms with E-state index < -0.39 is 0 Å². The molecule has 5 nitrogen and oxygen atoms in total. The zero-order valence-electron chi connectivity index (χ0n) is 9.69. The van der Waals surface area contributed by atoms with Gasteiger partial charge in [-0.25, -0.2) is 0 Å². The van der Waals surface area contributed by atoms with Crippen LogP contribution in [0.2, 0.25) is 0 Å². The normalized spacial score (nSPS) is 10.3. The molecule has 0 atom stereocenters. The minimum atomic E-state index is 0.292. The zero-order valence-corrected chi connectivity index (χ0v) is 9.69. The van der Waals surface area contributed by atoms with Gasteiger partial charge in [0.2, 0.25) is 11.9 Å². The number of hydrogen-bond acceptors (Lipinski definition) is 5. The molecule has 1 aromatic rings. The highest BCUT2D eigenvalue weighted by atomic mass is 15.3. The van der Waals surface area contributed by atoms with Gasteiger partial charge in [-0.2, -0.15) is 15.0 Å². The smallest absolute Gasteiger partial charge is 0.230 e. The number of aryl methyl sites for hydroxylation is 1. The van der Waals surface area contributed by atoms with Gasteiger partial charge in [0.05, 0.1) is 0 Å². The second kappa shape index (κ2) is 5.48. The molecule has 0 radical (unpaired) electrons. The third-order valence-corrected chi connectivity index (χ3v) is 2.19. The summed E-state index contributed by atoms with van der Waals surface area (Å²) in [5.74, 6) is 1.62. The quantitative estimate of drug-likeness (QED) is 0.742. The molecule has 0 fully saturated rings. The molecule has 1 heterocycles. The maximum absolute atomic E-state index is 5.56. The Morgan fingerprint density at radius 2 is 1.93 bits per heavy atom. The van der Waals surface area contributed by atoms with Crippen molar-refractivity contribution in [3.63, 3.8) is 0 Å². The van der Waals surface area contributed by atoms with Gasteiger partial charge in [0, 0.05) is 13.6 Å². The molecule has 0 unspecified atom stereocenters. The van der Waals surface area contributed by atoms with Gasteiger partial charge >= 0.3 is 0 Å². The third-order valence-electron chi connectivity index (χ3n) is 2.19. The molecule has 2 N–H and O–H groups in total. The molecule has 84 valence electrons. The van der Waals surface area contributed by atoms with E-state index in [1.165, 1.54) is 12.8 Å². The lowest BCUT2D eigenvalue weighted by atomic mass is 10.2. The molecule has 0 amide bonds. The van der Waals surface area contributed by atoms with Crippen molar-refractivity contribution >= 4 is 11.9 Å². The first-order valence-electron chi connectivity index (χ1n) is 5.32. The molecule has 0 aliphatic heterocycles. The van der Waals surface area contributed by atoms with E-state index in [1.807, 2.05) is 18.9 Å². The Hall–Kier alpha value is -1.39. The summed E-state index contributed by atoms with van der Waals surface area (Å²) in [6.07, 6.45) is 3.59. The Labute approximate surface area is 90.7 Å². The summed E-state index contributed by atoms with van der Waals surface area (Å²) in [6, 6.07) is 0. The van der Waals surface area contributed by atoms with Crippen LogP contribution >= 0.6 is 0 Å². The second-order valence-electron chi connectivity index (χ2n) is 3.67. The van der Waals surface area contributed by atoms with Gasteiger partial charge in [0.1, 0.15) is 5.82 Å². The number of unbranched alkanes of at least 4 members (excludes halogenated alkanes) is 2. The number of nitrogens with zero attached hydrogens (tertiary/aromatic N) is 4. The van der Waals surface area contributed by atoms with Crippen LogP contribution in [0.5, 0.6) is 0 Å². The Morgan fingerprint density at radius 1 is 1.20 bits per heavy atom. The zero-order chi connectivity index (χ0) is 11.3. The molecule has 15 heavy (non-hydrogen) atoms. The number of anilines is 2. The first-order chi connectivity index (χ1) is 7.13. The summed E-state index contributed by atoms with van der Waals surface area (Å²) < 4.78 is 0. The molecule has 0 aliphatic rings. The van der Waals surface area contributed by atoms with Crippen molar-refractivity contribution in [2.75, 3.05) is 24.2 Å². The van der Waals surface area contributed by atoms with Crippen molar-refractivity contribution < 1.29 is 0 Å². The largest absolute Gasteiger partial charge is 0.368 e. The highest BCUT2D eigenvalue weighted by Crippen LogP contribution is 2.08. The van der Waals surface area contributed by atoms with Gasteiger partial charge in [-0.3, -0.25) is 0 Å². The van der Waals surface area contributed by atoms with Crippen molar-refractivity contribution in [3.8, 4) is 0 Å². The highest BCUT2D eigenvalue weighted by Gasteiger charge is 2.05. The maximum atomic E-state index is 5.56. The van der Waals surface area contributed by atoms with E-state index in [0.717, 1.165) is 13.0 Å². The van der Waals surface area contributed by atoms with Gasteiger partial charge in [-0.05, 0) is 13.3 Å².